The molecule has 3 unspecified atom stereocenters. The van der Waals surface area contributed by atoms with Crippen LogP contribution in [0.3, 0.4) is 0 Å². The van der Waals surface area contributed by atoms with E-state index in [1.807, 2.05) is 6.07 Å². The Morgan fingerprint density at radius 3 is 1.88 bits per heavy atom. The van der Waals surface area contributed by atoms with Crippen molar-refractivity contribution in [1.82, 2.24) is 0 Å². The number of thiol groups is 2. The Bertz CT molecular complexity index is 439. The van der Waals surface area contributed by atoms with Crippen molar-refractivity contribution in [3.63, 3.8) is 0 Å². The van der Waals surface area contributed by atoms with Gasteiger partial charge in [0.15, 0.2) is 0 Å². The van der Waals surface area contributed by atoms with Gasteiger partial charge in [0.2, 0.25) is 0 Å². The molecule has 0 aromatic heterocycles. The fourth-order valence-corrected chi connectivity index (χ4v) is 4.15. The molecule has 26 heavy (non-hydrogen) atoms. The van der Waals surface area contributed by atoms with Gasteiger partial charge in [-0.1, -0.05) is 70.4 Å². The summed E-state index contributed by atoms with van der Waals surface area (Å²) in [5.74, 6) is 0.900. The quantitative estimate of drug-likeness (QED) is 0.202. The molecule has 1 aromatic rings. The molecule has 0 saturated carbocycles. The van der Waals surface area contributed by atoms with Gasteiger partial charge in [-0.2, -0.15) is 0 Å². The van der Waals surface area contributed by atoms with Crippen molar-refractivity contribution in [2.75, 3.05) is 0 Å². The summed E-state index contributed by atoms with van der Waals surface area (Å²) < 4.78 is 18.0. The normalized spacial score (nSPS) is 14.8. The largest absolute Gasteiger partial charge is 0.641 e. The molecule has 7 heteroatoms. The van der Waals surface area contributed by atoms with E-state index < -0.39 is 7.32 Å². The molecule has 0 amide bonds. The third kappa shape index (κ3) is 11.1. The van der Waals surface area contributed by atoms with Crippen LogP contribution in [0.2, 0.25) is 0 Å². The highest BCUT2D eigenvalue weighted by atomic mass is 32.2. The maximum atomic E-state index is 6.17. The van der Waals surface area contributed by atoms with Crippen molar-refractivity contribution >= 4 is 44.3 Å². The van der Waals surface area contributed by atoms with Gasteiger partial charge < -0.3 is 14.0 Å². The van der Waals surface area contributed by atoms with Crippen molar-refractivity contribution < 1.29 is 14.0 Å². The molecule has 1 aromatic carbocycles. The monoisotopic (exact) mass is 416 g/mol. The van der Waals surface area contributed by atoms with Gasteiger partial charge >= 0.3 is 7.32 Å². The molecule has 0 aliphatic heterocycles. The average molecular weight is 416 g/mol. The highest BCUT2D eigenvalue weighted by Crippen LogP contribution is 2.25. The lowest BCUT2D eigenvalue weighted by Gasteiger charge is -2.25. The minimum atomic E-state index is -0.738. The van der Waals surface area contributed by atoms with Gasteiger partial charge in [0.05, 0.1) is 16.3 Å². The molecule has 0 N–H and O–H groups in total. The topological polar surface area (TPSA) is 27.7 Å². The molecule has 0 spiro atoms. The van der Waals surface area contributed by atoms with Crippen LogP contribution in [0.15, 0.2) is 30.3 Å². The van der Waals surface area contributed by atoms with Crippen LogP contribution in [-0.4, -0.2) is 23.6 Å². The first kappa shape index (κ1) is 24.3. The lowest BCUT2D eigenvalue weighted by atomic mass is 10.2. The molecule has 0 aliphatic rings. The Kier molecular flexibility index (Phi) is 14.2. The zero-order valence-electron chi connectivity index (χ0n) is 16.2. The highest BCUT2D eigenvalue weighted by Gasteiger charge is 2.30. The molecule has 1 rings (SSSR count). The van der Waals surface area contributed by atoms with Crippen LogP contribution in [0.1, 0.15) is 64.9 Å². The number of thioether (sulfide) groups is 1. The summed E-state index contributed by atoms with van der Waals surface area (Å²) in [6.45, 7) is 6.38. The Morgan fingerprint density at radius 1 is 0.846 bits per heavy atom. The minimum Gasteiger partial charge on any atom is -0.374 e. The second-order valence-corrected chi connectivity index (χ2v) is 8.50. The standard InChI is InChI=1S/C19H33BO3S3/c1-4-10-17(24)21-20(22-18(25)11-5-2)23-19(12-6-3)26-15-16-13-8-7-9-14-16/h7-9,13-14,17-19,24-25H,4-6,10-12,15H2,1-3H3. The first-order valence-electron chi connectivity index (χ1n) is 9.57. The zero-order valence-corrected chi connectivity index (χ0v) is 18.8. The van der Waals surface area contributed by atoms with Crippen molar-refractivity contribution in [1.29, 1.82) is 0 Å². The Labute approximate surface area is 175 Å². The van der Waals surface area contributed by atoms with Crippen molar-refractivity contribution in [2.45, 2.75) is 81.4 Å². The second kappa shape index (κ2) is 15.2. The SMILES string of the molecule is CCCC(S)OB(OC(S)CCC)OC(CCC)SCc1ccccc1. The number of rotatable bonds is 15. The predicted octanol–water partition coefficient (Wildman–Crippen LogP) is 6.19. The summed E-state index contributed by atoms with van der Waals surface area (Å²) in [6, 6.07) is 10.4. The lowest BCUT2D eigenvalue weighted by Crippen LogP contribution is -2.36. The van der Waals surface area contributed by atoms with E-state index in [1.165, 1.54) is 5.56 Å². The van der Waals surface area contributed by atoms with Crippen LogP contribution in [-0.2, 0) is 19.7 Å². The van der Waals surface area contributed by atoms with Crippen molar-refractivity contribution in [3.8, 4) is 0 Å². The summed E-state index contributed by atoms with van der Waals surface area (Å²) in [5.41, 5.74) is 0.897. The zero-order chi connectivity index (χ0) is 19.2. The molecule has 0 saturated heterocycles. The Hall–Kier alpha value is 0.215. The van der Waals surface area contributed by atoms with Gasteiger partial charge in [0, 0.05) is 5.75 Å². The van der Waals surface area contributed by atoms with Crippen LogP contribution in [0, 0.1) is 0 Å². The van der Waals surface area contributed by atoms with E-state index in [0.717, 1.165) is 44.3 Å². The molecule has 0 aliphatic carbocycles. The van der Waals surface area contributed by atoms with E-state index in [0.29, 0.717) is 0 Å². The van der Waals surface area contributed by atoms with Crippen LogP contribution in [0.5, 0.6) is 0 Å². The van der Waals surface area contributed by atoms with E-state index in [9.17, 15) is 0 Å². The molecule has 0 bridgehead atoms. The summed E-state index contributed by atoms with van der Waals surface area (Å²) in [5, 5.41) is 0. The molecular weight excluding hydrogens is 383 g/mol. The van der Waals surface area contributed by atoms with E-state index in [-0.39, 0.29) is 16.3 Å². The summed E-state index contributed by atoms with van der Waals surface area (Å²) in [4.78, 5) is 0. The fourth-order valence-electron chi connectivity index (χ4n) is 2.30. The highest BCUT2D eigenvalue weighted by molar-refractivity contribution is 7.99. The van der Waals surface area contributed by atoms with E-state index in [4.69, 9.17) is 14.0 Å². The number of benzene rings is 1. The van der Waals surface area contributed by atoms with Crippen LogP contribution < -0.4 is 0 Å². The minimum absolute atomic E-state index is 0.00882. The van der Waals surface area contributed by atoms with Gasteiger partial charge in [0.1, 0.15) is 0 Å². The van der Waals surface area contributed by atoms with Gasteiger partial charge in [-0.3, -0.25) is 0 Å². The molecule has 0 heterocycles. The molecule has 3 atom stereocenters. The van der Waals surface area contributed by atoms with Crippen LogP contribution >= 0.6 is 37.0 Å². The smallest absolute Gasteiger partial charge is 0.374 e. The van der Waals surface area contributed by atoms with Crippen LogP contribution in [0.4, 0.5) is 0 Å². The average Bonchev–Trinajstić information content (AvgIpc) is 2.61. The maximum Gasteiger partial charge on any atom is 0.641 e. The van der Waals surface area contributed by atoms with Crippen molar-refractivity contribution in [2.24, 2.45) is 0 Å². The summed E-state index contributed by atoms with van der Waals surface area (Å²) >= 11 is 10.8. The van der Waals surface area contributed by atoms with Gasteiger partial charge in [-0.15, -0.1) is 37.0 Å². The summed E-state index contributed by atoms with van der Waals surface area (Å²) in [6.07, 6.45) is 5.69. The van der Waals surface area contributed by atoms with E-state index >= 15 is 0 Å². The fraction of sp³-hybridized carbons (Fsp3) is 0.684. The van der Waals surface area contributed by atoms with Gasteiger partial charge in [0.25, 0.3) is 0 Å². The maximum absolute atomic E-state index is 6.17. The van der Waals surface area contributed by atoms with E-state index in [2.05, 4.69) is 70.3 Å². The molecule has 3 nitrogen and oxygen atoms in total. The van der Waals surface area contributed by atoms with Gasteiger partial charge in [-0.25, -0.2) is 0 Å². The molecular formula is C19H33BO3S3. The Balaban J connectivity index is 2.64. The van der Waals surface area contributed by atoms with Crippen molar-refractivity contribution in [3.05, 3.63) is 35.9 Å². The summed E-state index contributed by atoms with van der Waals surface area (Å²) in [7, 11) is -0.738. The number of hydrogen-bond acceptors (Lipinski definition) is 6. The number of hydrogen-bond donors (Lipinski definition) is 2. The molecule has 148 valence electrons. The van der Waals surface area contributed by atoms with E-state index in [1.54, 1.807) is 11.8 Å². The van der Waals surface area contributed by atoms with Gasteiger partial charge in [-0.05, 0) is 24.8 Å². The van der Waals surface area contributed by atoms with Crippen LogP contribution in [0.25, 0.3) is 0 Å². The third-order valence-electron chi connectivity index (χ3n) is 3.67. The first-order valence-corrected chi connectivity index (χ1v) is 11.6. The Morgan fingerprint density at radius 2 is 1.38 bits per heavy atom. The lowest BCUT2D eigenvalue weighted by molar-refractivity contribution is 0.0640. The second-order valence-electron chi connectivity index (χ2n) is 6.20. The molecule has 0 radical (unpaired) electrons. The first-order chi connectivity index (χ1) is 12.6. The predicted molar refractivity (Wildman–Crippen MR) is 121 cm³/mol. The third-order valence-corrected chi connectivity index (χ3v) is 5.65. The molecule has 0 fully saturated rings.